The Morgan fingerprint density at radius 3 is 2.53 bits per heavy atom. The molecule has 1 aliphatic rings. The number of benzene rings is 2. The molecule has 1 heterocycles. The zero-order valence-electron chi connectivity index (χ0n) is 19.6. The van der Waals surface area contributed by atoms with Crippen LogP contribution < -0.4 is 9.47 Å². The minimum absolute atomic E-state index is 0.186. The number of ether oxygens (including phenoxy) is 3. The lowest BCUT2D eigenvalue weighted by Gasteiger charge is -2.46. The molecule has 1 aliphatic heterocycles. The van der Waals surface area contributed by atoms with Gasteiger partial charge in [-0.1, -0.05) is 25.1 Å². The number of amides is 1. The number of hydrogen-bond donors (Lipinski definition) is 0. The first-order valence-electron chi connectivity index (χ1n) is 10.9. The van der Waals surface area contributed by atoms with Crippen molar-refractivity contribution in [3.8, 4) is 17.6 Å². The van der Waals surface area contributed by atoms with E-state index in [1.54, 1.807) is 24.1 Å². The van der Waals surface area contributed by atoms with E-state index in [-0.39, 0.29) is 17.4 Å². The molecule has 1 saturated heterocycles. The van der Waals surface area contributed by atoms with E-state index in [0.717, 1.165) is 12.2 Å². The average molecular weight is 437 g/mol. The van der Waals surface area contributed by atoms with Crippen LogP contribution in [0.5, 0.6) is 11.5 Å². The predicted molar refractivity (Wildman–Crippen MR) is 123 cm³/mol. The topological polar surface area (TPSA) is 71.8 Å². The molecular weight excluding hydrogens is 404 g/mol. The van der Waals surface area contributed by atoms with E-state index in [1.807, 2.05) is 45.0 Å². The van der Waals surface area contributed by atoms with E-state index in [4.69, 9.17) is 14.2 Å². The van der Waals surface area contributed by atoms with E-state index in [1.165, 1.54) is 5.56 Å². The maximum absolute atomic E-state index is 12.8. The predicted octanol–water partition coefficient (Wildman–Crippen LogP) is 5.38. The highest BCUT2D eigenvalue weighted by Crippen LogP contribution is 2.43. The van der Waals surface area contributed by atoms with Crippen molar-refractivity contribution in [2.45, 2.75) is 45.6 Å². The molecule has 1 amide bonds. The Balaban J connectivity index is 1.85. The minimum atomic E-state index is -0.547. The molecule has 0 radical (unpaired) electrons. The lowest BCUT2D eigenvalue weighted by atomic mass is 9.69. The van der Waals surface area contributed by atoms with Gasteiger partial charge < -0.3 is 19.1 Å². The number of likely N-dealkylation sites (tertiary alicyclic amines) is 1. The Kier molecular flexibility index (Phi) is 6.98. The second-order valence-electron chi connectivity index (χ2n) is 9.60. The number of carbonyl (C=O) groups excluding carboxylic acids is 1. The van der Waals surface area contributed by atoms with Crippen molar-refractivity contribution in [2.24, 2.45) is 5.41 Å². The van der Waals surface area contributed by atoms with Gasteiger partial charge in [0.2, 0.25) is 0 Å². The third-order valence-corrected chi connectivity index (χ3v) is 5.78. The Hall–Kier alpha value is -3.20. The summed E-state index contributed by atoms with van der Waals surface area (Å²) in [6, 6.07) is 17.4. The van der Waals surface area contributed by atoms with Gasteiger partial charge in [-0.05, 0) is 69.0 Å². The van der Waals surface area contributed by atoms with E-state index < -0.39 is 5.60 Å². The molecule has 0 saturated carbocycles. The summed E-state index contributed by atoms with van der Waals surface area (Å²) in [7, 11) is 1.65. The smallest absolute Gasteiger partial charge is 0.410 e. The summed E-state index contributed by atoms with van der Waals surface area (Å²) in [5.41, 5.74) is 0.839. The summed E-state index contributed by atoms with van der Waals surface area (Å²) in [6.45, 7) is 9.30. The van der Waals surface area contributed by atoms with Gasteiger partial charge in [0.25, 0.3) is 0 Å². The van der Waals surface area contributed by atoms with Gasteiger partial charge >= 0.3 is 6.09 Å². The molecule has 3 rings (SSSR count). The van der Waals surface area contributed by atoms with Gasteiger partial charge in [0.1, 0.15) is 17.1 Å². The van der Waals surface area contributed by atoms with Crippen LogP contribution in [0.3, 0.4) is 0 Å². The maximum atomic E-state index is 12.8. The third-order valence-electron chi connectivity index (χ3n) is 5.78. The first-order valence-corrected chi connectivity index (χ1v) is 10.9. The summed E-state index contributed by atoms with van der Waals surface area (Å²) in [6.07, 6.45) is 0.493. The first-order chi connectivity index (χ1) is 15.1. The molecular formula is C26H32N2O4. The fourth-order valence-electron chi connectivity index (χ4n) is 4.20. The van der Waals surface area contributed by atoms with Crippen LogP contribution in [0.25, 0.3) is 0 Å². The molecule has 6 nitrogen and oxygen atoms in total. The standard InChI is InChI=1S/C26H32N2O4/c1-25(2,3)32-24(29)28-14-13-23(20-9-11-21(30-5)12-10-20)26(4,17-28)18-31-22-8-6-7-19(15-22)16-27/h6-12,15,23H,13-14,17-18H2,1-5H3/t23-,26+/m0/s1. The van der Waals surface area contributed by atoms with Crippen molar-refractivity contribution in [3.63, 3.8) is 0 Å². The van der Waals surface area contributed by atoms with Gasteiger partial charge in [0.05, 0.1) is 25.3 Å². The number of nitrogens with zero attached hydrogens (tertiary/aromatic N) is 2. The maximum Gasteiger partial charge on any atom is 0.410 e. The van der Waals surface area contributed by atoms with E-state index in [9.17, 15) is 10.1 Å². The van der Waals surface area contributed by atoms with Gasteiger partial charge in [-0.25, -0.2) is 4.79 Å². The fraction of sp³-hybridized carbons (Fsp3) is 0.462. The molecule has 32 heavy (non-hydrogen) atoms. The lowest BCUT2D eigenvalue weighted by molar-refractivity contribution is -0.00822. The van der Waals surface area contributed by atoms with Crippen molar-refractivity contribution in [1.29, 1.82) is 5.26 Å². The third kappa shape index (κ3) is 5.73. The normalized spacial score (nSPS) is 20.9. The van der Waals surface area contributed by atoms with Gasteiger partial charge in [-0.2, -0.15) is 5.26 Å². The molecule has 0 aliphatic carbocycles. The number of carbonyl (C=O) groups is 1. The van der Waals surface area contributed by atoms with Crippen molar-refractivity contribution < 1.29 is 19.0 Å². The van der Waals surface area contributed by atoms with Crippen LogP contribution in [-0.2, 0) is 4.74 Å². The molecule has 2 aromatic rings. The molecule has 0 aromatic heterocycles. The quantitative estimate of drug-likeness (QED) is 0.629. The summed E-state index contributed by atoms with van der Waals surface area (Å²) in [5.74, 6) is 1.64. The summed E-state index contributed by atoms with van der Waals surface area (Å²) < 4.78 is 17.1. The van der Waals surface area contributed by atoms with Gasteiger partial charge in [0, 0.05) is 18.5 Å². The van der Waals surface area contributed by atoms with Crippen LogP contribution in [0.2, 0.25) is 0 Å². The molecule has 2 aromatic carbocycles. The molecule has 1 fully saturated rings. The molecule has 0 N–H and O–H groups in total. The van der Waals surface area contributed by atoms with Crippen LogP contribution in [0.1, 0.15) is 51.2 Å². The zero-order chi connectivity index (χ0) is 23.4. The van der Waals surface area contributed by atoms with Crippen molar-refractivity contribution in [3.05, 3.63) is 59.7 Å². The van der Waals surface area contributed by atoms with E-state index >= 15 is 0 Å². The molecule has 6 heteroatoms. The highest BCUT2D eigenvalue weighted by atomic mass is 16.6. The Morgan fingerprint density at radius 1 is 1.19 bits per heavy atom. The number of hydrogen-bond acceptors (Lipinski definition) is 5. The Labute approximate surface area is 190 Å². The SMILES string of the molecule is COc1ccc([C@@H]2CCN(C(=O)OC(C)(C)C)C[C@]2(C)COc2cccc(C#N)c2)cc1. The van der Waals surface area contributed by atoms with E-state index in [2.05, 4.69) is 25.1 Å². The molecule has 2 atom stereocenters. The van der Waals surface area contributed by atoms with Crippen LogP contribution in [0, 0.1) is 16.7 Å². The van der Waals surface area contributed by atoms with Gasteiger partial charge in [-0.3, -0.25) is 0 Å². The van der Waals surface area contributed by atoms with E-state index in [0.29, 0.717) is 31.0 Å². The molecule has 0 bridgehead atoms. The second-order valence-corrected chi connectivity index (χ2v) is 9.60. The number of methoxy groups -OCH3 is 1. The lowest BCUT2D eigenvalue weighted by Crippen LogP contribution is -2.52. The fourth-order valence-corrected chi connectivity index (χ4v) is 4.20. The monoisotopic (exact) mass is 436 g/mol. The summed E-state index contributed by atoms with van der Waals surface area (Å²) >= 11 is 0. The number of piperidine rings is 1. The second kappa shape index (κ2) is 9.52. The number of nitriles is 1. The minimum Gasteiger partial charge on any atom is -0.497 e. The van der Waals surface area contributed by atoms with Gasteiger partial charge in [0.15, 0.2) is 0 Å². The van der Waals surface area contributed by atoms with Crippen LogP contribution in [-0.4, -0.2) is 43.4 Å². The molecule has 0 spiro atoms. The zero-order valence-corrected chi connectivity index (χ0v) is 19.6. The van der Waals surface area contributed by atoms with Crippen molar-refractivity contribution in [1.82, 2.24) is 4.90 Å². The van der Waals surface area contributed by atoms with Gasteiger partial charge in [-0.15, -0.1) is 0 Å². The average Bonchev–Trinajstić information content (AvgIpc) is 2.77. The van der Waals surface area contributed by atoms with Crippen molar-refractivity contribution >= 4 is 6.09 Å². The Bertz CT molecular complexity index is 975. The molecule has 0 unspecified atom stereocenters. The highest BCUT2D eigenvalue weighted by molar-refractivity contribution is 5.68. The van der Waals surface area contributed by atoms with Crippen molar-refractivity contribution in [2.75, 3.05) is 26.8 Å². The summed E-state index contributed by atoms with van der Waals surface area (Å²) in [5, 5.41) is 9.18. The number of rotatable bonds is 5. The highest BCUT2D eigenvalue weighted by Gasteiger charge is 2.43. The Morgan fingerprint density at radius 2 is 1.91 bits per heavy atom. The first kappa shape index (κ1) is 23.5. The summed E-state index contributed by atoms with van der Waals surface area (Å²) in [4.78, 5) is 14.6. The largest absolute Gasteiger partial charge is 0.497 e. The molecule has 170 valence electrons. The van der Waals surface area contributed by atoms with Crippen LogP contribution in [0.4, 0.5) is 4.79 Å². The van der Waals surface area contributed by atoms with Crippen LogP contribution >= 0.6 is 0 Å². The van der Waals surface area contributed by atoms with Crippen LogP contribution in [0.15, 0.2) is 48.5 Å².